The Labute approximate surface area is 171 Å². The molecule has 1 aliphatic carbocycles. The fourth-order valence-corrected chi connectivity index (χ4v) is 3.74. The molecule has 0 saturated heterocycles. The van der Waals surface area contributed by atoms with Gasteiger partial charge in [0.15, 0.2) is 0 Å². The van der Waals surface area contributed by atoms with Gasteiger partial charge in [0, 0.05) is 17.3 Å². The average Bonchev–Trinajstić information content (AvgIpc) is 3.40. The Balaban J connectivity index is 1.54. The van der Waals surface area contributed by atoms with Gasteiger partial charge >= 0.3 is 0 Å². The number of hydrogen-bond acceptors (Lipinski definition) is 5. The maximum atomic E-state index is 13.3. The van der Waals surface area contributed by atoms with Crippen LogP contribution in [0.1, 0.15) is 41.4 Å². The number of aromatic nitrogens is 4. The van der Waals surface area contributed by atoms with Crippen molar-refractivity contribution in [2.24, 2.45) is 0 Å². The van der Waals surface area contributed by atoms with Gasteiger partial charge in [-0.3, -0.25) is 14.5 Å². The van der Waals surface area contributed by atoms with Crippen LogP contribution in [0.3, 0.4) is 0 Å². The predicted molar refractivity (Wildman–Crippen MR) is 108 cm³/mol. The van der Waals surface area contributed by atoms with Gasteiger partial charge < -0.3 is 5.32 Å². The summed E-state index contributed by atoms with van der Waals surface area (Å²) in [5.74, 6) is 1.21. The molecule has 1 aliphatic rings. The van der Waals surface area contributed by atoms with Gasteiger partial charge in [0.2, 0.25) is 11.1 Å². The summed E-state index contributed by atoms with van der Waals surface area (Å²) in [5, 5.41) is 20.0. The minimum atomic E-state index is -0.352. The molecule has 0 bridgehead atoms. The summed E-state index contributed by atoms with van der Waals surface area (Å²) in [6, 6.07) is 8.08. The Hall–Kier alpha value is -3.12. The van der Waals surface area contributed by atoms with E-state index in [1.165, 1.54) is 23.9 Å². The topological polar surface area (TPSA) is 99.4 Å². The Morgan fingerprint density at radius 3 is 2.76 bits per heavy atom. The third kappa shape index (κ3) is 3.89. The zero-order valence-electron chi connectivity index (χ0n) is 16.0. The molecule has 2 N–H and O–H groups in total. The maximum Gasteiger partial charge on any atom is 0.236 e. The highest BCUT2D eigenvalue weighted by molar-refractivity contribution is 7.99. The van der Waals surface area contributed by atoms with E-state index in [0.717, 1.165) is 29.9 Å². The predicted octanol–water partition coefficient (Wildman–Crippen LogP) is 3.83. The first-order valence-corrected chi connectivity index (χ1v) is 10.2. The van der Waals surface area contributed by atoms with E-state index in [-0.39, 0.29) is 17.5 Å². The molecule has 1 fully saturated rings. The van der Waals surface area contributed by atoms with Gasteiger partial charge in [0.25, 0.3) is 0 Å². The molecule has 1 saturated carbocycles. The van der Waals surface area contributed by atoms with Gasteiger partial charge in [-0.2, -0.15) is 5.26 Å². The SMILES string of the molecule is Cc1c(C#N)c(NC(=O)CSc2n[nH]c(C3CC3)n2)n(-c2ccc(F)cc2)c1C. The molecular weight excluding hydrogens is 391 g/mol. The third-order valence-electron chi connectivity index (χ3n) is 4.95. The molecule has 3 aromatic rings. The van der Waals surface area contributed by atoms with Crippen LogP contribution >= 0.6 is 11.8 Å². The molecule has 7 nitrogen and oxygen atoms in total. The standard InChI is InChI=1S/C20H19FN6OS/c1-11-12(2)27(15-7-5-14(21)6-8-15)19(16(11)9-22)23-17(28)10-29-20-24-18(25-26-20)13-3-4-13/h5-8,13H,3-4,10H2,1-2H3,(H,23,28)(H,24,25,26). The molecule has 0 radical (unpaired) electrons. The van der Waals surface area contributed by atoms with Crippen molar-refractivity contribution in [3.05, 3.63) is 52.7 Å². The molecule has 0 atom stereocenters. The summed E-state index contributed by atoms with van der Waals surface area (Å²) in [5.41, 5.74) is 2.63. The fourth-order valence-electron chi connectivity index (χ4n) is 3.13. The number of benzene rings is 1. The summed E-state index contributed by atoms with van der Waals surface area (Å²) in [7, 11) is 0. The van der Waals surface area contributed by atoms with E-state index in [9.17, 15) is 14.4 Å². The van der Waals surface area contributed by atoms with Gasteiger partial charge in [-0.1, -0.05) is 11.8 Å². The number of rotatable bonds is 6. The highest BCUT2D eigenvalue weighted by atomic mass is 32.2. The van der Waals surface area contributed by atoms with Crippen LogP contribution in [0.2, 0.25) is 0 Å². The van der Waals surface area contributed by atoms with Crippen LogP contribution in [-0.2, 0) is 4.79 Å². The smallest absolute Gasteiger partial charge is 0.236 e. The number of anilines is 1. The highest BCUT2D eigenvalue weighted by Gasteiger charge is 2.27. The fraction of sp³-hybridized carbons (Fsp3) is 0.300. The maximum absolute atomic E-state index is 13.3. The number of carbonyl (C=O) groups is 1. The second kappa shape index (κ2) is 7.72. The number of aromatic amines is 1. The second-order valence-corrected chi connectivity index (χ2v) is 7.91. The van der Waals surface area contributed by atoms with E-state index in [4.69, 9.17) is 0 Å². The third-order valence-corrected chi connectivity index (χ3v) is 5.79. The Morgan fingerprint density at radius 1 is 1.38 bits per heavy atom. The van der Waals surface area contributed by atoms with Crippen molar-refractivity contribution in [2.45, 2.75) is 37.8 Å². The first-order chi connectivity index (χ1) is 14.0. The average molecular weight is 410 g/mol. The van der Waals surface area contributed by atoms with Crippen molar-refractivity contribution in [3.63, 3.8) is 0 Å². The molecule has 1 aromatic carbocycles. The molecule has 4 rings (SSSR count). The number of halogens is 1. The number of amides is 1. The number of nitriles is 1. The molecule has 29 heavy (non-hydrogen) atoms. The molecule has 148 valence electrons. The van der Waals surface area contributed by atoms with E-state index in [0.29, 0.717) is 28.1 Å². The Morgan fingerprint density at radius 2 is 2.10 bits per heavy atom. The largest absolute Gasteiger partial charge is 0.310 e. The van der Waals surface area contributed by atoms with Gasteiger partial charge in [-0.25, -0.2) is 9.37 Å². The number of carbonyl (C=O) groups excluding carboxylic acids is 1. The van der Waals surface area contributed by atoms with Crippen LogP contribution in [0.25, 0.3) is 5.69 Å². The zero-order chi connectivity index (χ0) is 20.5. The Bertz CT molecular complexity index is 1110. The van der Waals surface area contributed by atoms with Crippen LogP contribution < -0.4 is 5.32 Å². The van der Waals surface area contributed by atoms with Crippen molar-refractivity contribution in [3.8, 4) is 11.8 Å². The van der Waals surface area contributed by atoms with E-state index < -0.39 is 0 Å². The van der Waals surface area contributed by atoms with Crippen molar-refractivity contribution < 1.29 is 9.18 Å². The van der Waals surface area contributed by atoms with Crippen LogP contribution in [0.15, 0.2) is 29.4 Å². The second-order valence-electron chi connectivity index (χ2n) is 6.97. The van der Waals surface area contributed by atoms with Gasteiger partial charge in [0.1, 0.15) is 23.5 Å². The summed E-state index contributed by atoms with van der Waals surface area (Å²) in [4.78, 5) is 17.0. The number of thioether (sulfide) groups is 1. The van der Waals surface area contributed by atoms with E-state index in [1.807, 2.05) is 13.8 Å². The van der Waals surface area contributed by atoms with Gasteiger partial charge in [-0.15, -0.1) is 5.10 Å². The van der Waals surface area contributed by atoms with Crippen LogP contribution in [0, 0.1) is 31.0 Å². The zero-order valence-corrected chi connectivity index (χ0v) is 16.8. The lowest BCUT2D eigenvalue weighted by molar-refractivity contribution is -0.113. The van der Waals surface area contributed by atoms with Crippen LogP contribution in [0.4, 0.5) is 10.2 Å². The molecular formula is C20H19FN6OS. The molecule has 1 amide bonds. The van der Waals surface area contributed by atoms with Crippen molar-refractivity contribution in [1.29, 1.82) is 5.26 Å². The normalized spacial score (nSPS) is 13.3. The minimum absolute atomic E-state index is 0.111. The van der Waals surface area contributed by atoms with E-state index >= 15 is 0 Å². The molecule has 0 unspecified atom stereocenters. The Kier molecular flexibility index (Phi) is 5.11. The molecule has 2 aromatic heterocycles. The van der Waals surface area contributed by atoms with E-state index in [2.05, 4.69) is 26.6 Å². The highest BCUT2D eigenvalue weighted by Crippen LogP contribution is 2.38. The lowest BCUT2D eigenvalue weighted by atomic mass is 10.2. The number of nitrogens with zero attached hydrogens (tertiary/aromatic N) is 4. The van der Waals surface area contributed by atoms with Crippen molar-refractivity contribution in [2.75, 3.05) is 11.1 Å². The number of H-pyrrole nitrogens is 1. The van der Waals surface area contributed by atoms with Gasteiger partial charge in [-0.05, 0) is 56.5 Å². The van der Waals surface area contributed by atoms with Crippen LogP contribution in [0.5, 0.6) is 0 Å². The summed E-state index contributed by atoms with van der Waals surface area (Å²) in [6.45, 7) is 3.68. The quantitative estimate of drug-likeness (QED) is 0.602. The summed E-state index contributed by atoms with van der Waals surface area (Å²) < 4.78 is 15.1. The van der Waals surface area contributed by atoms with E-state index in [1.54, 1.807) is 16.7 Å². The summed E-state index contributed by atoms with van der Waals surface area (Å²) in [6.07, 6.45) is 2.24. The van der Waals surface area contributed by atoms with Gasteiger partial charge in [0.05, 0.1) is 11.3 Å². The number of hydrogen-bond donors (Lipinski definition) is 2. The minimum Gasteiger partial charge on any atom is -0.310 e. The molecule has 9 heteroatoms. The first-order valence-electron chi connectivity index (χ1n) is 9.20. The molecule has 2 heterocycles. The molecule has 0 aliphatic heterocycles. The van der Waals surface area contributed by atoms with Crippen LogP contribution in [-0.4, -0.2) is 31.4 Å². The monoisotopic (exact) mass is 410 g/mol. The van der Waals surface area contributed by atoms with Crippen molar-refractivity contribution in [1.82, 2.24) is 19.7 Å². The lowest BCUT2D eigenvalue weighted by Crippen LogP contribution is -2.17. The first kappa shape index (κ1) is 19.2. The van der Waals surface area contributed by atoms with Crippen molar-refractivity contribution >= 4 is 23.5 Å². The number of nitrogens with one attached hydrogen (secondary N) is 2. The molecule has 0 spiro atoms. The lowest BCUT2D eigenvalue weighted by Gasteiger charge is -2.13. The summed E-state index contributed by atoms with van der Waals surface area (Å²) >= 11 is 1.23.